The number of hydrogen-bond donors (Lipinski definition) is 2. The second-order valence-electron chi connectivity index (χ2n) is 7.57. The smallest absolute Gasteiger partial charge is 0.267 e. The number of thiazole rings is 1. The van der Waals surface area contributed by atoms with E-state index in [0.717, 1.165) is 46.6 Å². The van der Waals surface area contributed by atoms with E-state index in [0.29, 0.717) is 25.3 Å². The van der Waals surface area contributed by atoms with Crippen molar-refractivity contribution in [3.63, 3.8) is 0 Å². The van der Waals surface area contributed by atoms with Gasteiger partial charge in [0.1, 0.15) is 12.3 Å². The fraction of sp³-hybridized carbons (Fsp3) is 0.208. The van der Waals surface area contributed by atoms with Crippen molar-refractivity contribution in [2.75, 3.05) is 13.2 Å². The SMILES string of the molecule is Cl.NC(=O)c1nc2c(c(Cc3ccc(-c4cscn4)cc3)c1C1=CCOC=C1)CCNC2. The molecule has 3 N–H and O–H groups in total. The first kappa shape index (κ1) is 22.2. The standard InChI is InChI=1S/C24H22N4O2S.ClH/c25-24(29)23-22(17-6-9-30-10-7-17)19(18-5-8-26-12-20(18)28-23)11-15-1-3-16(4-2-15)21-13-31-14-27-21;/h1-4,6-7,9,13-14,26H,5,8,10-12H2,(H2,25,29);1H. The quantitative estimate of drug-likeness (QED) is 0.595. The van der Waals surface area contributed by atoms with Crippen molar-refractivity contribution < 1.29 is 9.53 Å². The molecule has 2 aliphatic heterocycles. The van der Waals surface area contributed by atoms with Crippen LogP contribution in [-0.2, 0) is 24.1 Å². The predicted octanol–water partition coefficient (Wildman–Crippen LogP) is 3.89. The summed E-state index contributed by atoms with van der Waals surface area (Å²) in [4.78, 5) is 21.4. The van der Waals surface area contributed by atoms with Crippen molar-refractivity contribution >= 4 is 35.2 Å². The molecule has 1 amide bonds. The average molecular weight is 467 g/mol. The van der Waals surface area contributed by atoms with E-state index in [1.54, 1.807) is 17.6 Å². The Kier molecular flexibility index (Phi) is 6.69. The van der Waals surface area contributed by atoms with Crippen LogP contribution in [0.25, 0.3) is 16.8 Å². The lowest BCUT2D eigenvalue weighted by Crippen LogP contribution is -2.29. The van der Waals surface area contributed by atoms with E-state index in [4.69, 9.17) is 10.5 Å². The summed E-state index contributed by atoms with van der Waals surface area (Å²) in [5, 5.41) is 5.40. The highest BCUT2D eigenvalue weighted by atomic mass is 35.5. The van der Waals surface area contributed by atoms with Crippen LogP contribution in [0, 0.1) is 0 Å². The lowest BCUT2D eigenvalue weighted by atomic mass is 9.86. The number of benzene rings is 1. The summed E-state index contributed by atoms with van der Waals surface area (Å²) in [6, 6.07) is 8.46. The van der Waals surface area contributed by atoms with Crippen LogP contribution in [0.2, 0.25) is 0 Å². The highest BCUT2D eigenvalue weighted by Gasteiger charge is 2.25. The molecule has 0 radical (unpaired) electrons. The Balaban J connectivity index is 0.00000245. The van der Waals surface area contributed by atoms with Crippen molar-refractivity contribution in [3.8, 4) is 11.3 Å². The van der Waals surface area contributed by atoms with E-state index >= 15 is 0 Å². The number of carbonyl (C=O) groups is 1. The van der Waals surface area contributed by atoms with Crippen LogP contribution in [-0.4, -0.2) is 29.0 Å². The topological polar surface area (TPSA) is 90.1 Å². The number of rotatable bonds is 5. The molecule has 1 aromatic carbocycles. The van der Waals surface area contributed by atoms with Gasteiger partial charge in [0.2, 0.25) is 0 Å². The maximum Gasteiger partial charge on any atom is 0.267 e. The Hall–Kier alpha value is -3.00. The first-order valence-electron chi connectivity index (χ1n) is 10.2. The molecule has 0 saturated heterocycles. The Morgan fingerprint density at radius 1 is 1.25 bits per heavy atom. The maximum atomic E-state index is 12.4. The first-order chi connectivity index (χ1) is 15.2. The molecular formula is C24H23ClN4O2S. The summed E-state index contributed by atoms with van der Waals surface area (Å²) in [6.45, 7) is 1.99. The molecule has 0 aliphatic carbocycles. The molecule has 5 rings (SSSR count). The number of ether oxygens (including phenoxy) is 1. The van der Waals surface area contributed by atoms with Gasteiger partial charge in [-0.3, -0.25) is 4.79 Å². The van der Waals surface area contributed by atoms with Crippen molar-refractivity contribution in [2.24, 2.45) is 5.73 Å². The lowest BCUT2D eigenvalue weighted by molar-refractivity contribution is 0.0995. The molecule has 0 fully saturated rings. The number of nitrogens with two attached hydrogens (primary N) is 1. The minimum atomic E-state index is -0.510. The molecule has 0 bridgehead atoms. The van der Waals surface area contributed by atoms with Crippen LogP contribution in [0.3, 0.4) is 0 Å². The predicted molar refractivity (Wildman–Crippen MR) is 129 cm³/mol. The normalized spacial score (nSPS) is 14.7. The largest absolute Gasteiger partial charge is 0.497 e. The highest BCUT2D eigenvalue weighted by molar-refractivity contribution is 7.07. The molecule has 0 spiro atoms. The van der Waals surface area contributed by atoms with E-state index in [1.165, 1.54) is 11.1 Å². The number of fused-ring (bicyclic) bond motifs is 1. The molecule has 8 heteroatoms. The summed E-state index contributed by atoms with van der Waals surface area (Å²) in [7, 11) is 0. The number of hydrogen-bond acceptors (Lipinski definition) is 6. The van der Waals surface area contributed by atoms with E-state index in [-0.39, 0.29) is 12.4 Å². The number of nitrogens with zero attached hydrogens (tertiary/aromatic N) is 2. The third-order valence-corrected chi connectivity index (χ3v) is 6.26. The molecule has 164 valence electrons. The van der Waals surface area contributed by atoms with E-state index in [9.17, 15) is 4.79 Å². The summed E-state index contributed by atoms with van der Waals surface area (Å²) >= 11 is 1.59. The number of pyridine rings is 1. The Labute approximate surface area is 196 Å². The van der Waals surface area contributed by atoms with Gasteiger partial charge in [-0.2, -0.15) is 0 Å². The van der Waals surface area contributed by atoms with Gasteiger partial charge in [-0.1, -0.05) is 24.3 Å². The summed E-state index contributed by atoms with van der Waals surface area (Å²) in [5.41, 5.74) is 16.2. The number of allylic oxidation sites excluding steroid dienone is 2. The fourth-order valence-electron chi connectivity index (χ4n) is 4.19. The number of carbonyl (C=O) groups excluding carboxylic acids is 1. The minimum Gasteiger partial charge on any atom is -0.497 e. The number of aromatic nitrogens is 2. The highest BCUT2D eigenvalue weighted by Crippen LogP contribution is 2.33. The number of nitrogens with one attached hydrogen (secondary N) is 1. The molecule has 2 aromatic heterocycles. The summed E-state index contributed by atoms with van der Waals surface area (Å²) < 4.78 is 5.33. The van der Waals surface area contributed by atoms with Crippen LogP contribution in [0.4, 0.5) is 0 Å². The van der Waals surface area contributed by atoms with Crippen LogP contribution >= 0.6 is 23.7 Å². The summed E-state index contributed by atoms with van der Waals surface area (Å²) in [5.74, 6) is -0.510. The fourth-order valence-corrected chi connectivity index (χ4v) is 4.75. The second-order valence-corrected chi connectivity index (χ2v) is 8.29. The van der Waals surface area contributed by atoms with Gasteiger partial charge in [-0.25, -0.2) is 9.97 Å². The first-order valence-corrected chi connectivity index (χ1v) is 11.2. The number of halogens is 1. The van der Waals surface area contributed by atoms with Crippen LogP contribution in [0.5, 0.6) is 0 Å². The summed E-state index contributed by atoms with van der Waals surface area (Å²) in [6.07, 6.45) is 7.09. The molecule has 0 saturated carbocycles. The second kappa shape index (κ2) is 9.65. The van der Waals surface area contributed by atoms with Crippen molar-refractivity contribution in [1.29, 1.82) is 0 Å². The molecule has 6 nitrogen and oxygen atoms in total. The van der Waals surface area contributed by atoms with Crippen LogP contribution in [0.1, 0.15) is 38.4 Å². The van der Waals surface area contributed by atoms with Crippen molar-refractivity contribution in [1.82, 2.24) is 15.3 Å². The van der Waals surface area contributed by atoms with Gasteiger partial charge >= 0.3 is 0 Å². The molecule has 4 heterocycles. The molecule has 3 aromatic rings. The van der Waals surface area contributed by atoms with Crippen LogP contribution < -0.4 is 11.1 Å². The molecule has 2 aliphatic rings. The zero-order valence-corrected chi connectivity index (χ0v) is 19.0. The van der Waals surface area contributed by atoms with Crippen LogP contribution in [0.15, 0.2) is 53.6 Å². The van der Waals surface area contributed by atoms with Gasteiger partial charge in [-0.05, 0) is 53.8 Å². The Morgan fingerprint density at radius 2 is 2.09 bits per heavy atom. The van der Waals surface area contributed by atoms with E-state index < -0.39 is 5.91 Å². The van der Waals surface area contributed by atoms with Gasteiger partial charge in [-0.15, -0.1) is 23.7 Å². The van der Waals surface area contributed by atoms with Crippen molar-refractivity contribution in [3.05, 3.63) is 87.2 Å². The van der Waals surface area contributed by atoms with E-state index in [1.807, 2.05) is 23.0 Å². The lowest BCUT2D eigenvalue weighted by Gasteiger charge is -2.25. The third kappa shape index (κ3) is 4.32. The maximum absolute atomic E-state index is 12.4. The molecular weight excluding hydrogens is 444 g/mol. The molecule has 0 atom stereocenters. The average Bonchev–Trinajstić information content (AvgIpc) is 3.35. The Morgan fingerprint density at radius 3 is 2.78 bits per heavy atom. The Bertz CT molecular complexity index is 1190. The zero-order chi connectivity index (χ0) is 21.2. The van der Waals surface area contributed by atoms with Gasteiger partial charge < -0.3 is 15.8 Å². The van der Waals surface area contributed by atoms with Gasteiger partial charge in [0.05, 0.1) is 23.2 Å². The van der Waals surface area contributed by atoms with Gasteiger partial charge in [0.25, 0.3) is 5.91 Å². The van der Waals surface area contributed by atoms with Gasteiger partial charge in [0.15, 0.2) is 0 Å². The monoisotopic (exact) mass is 466 g/mol. The zero-order valence-electron chi connectivity index (χ0n) is 17.3. The van der Waals surface area contributed by atoms with Crippen molar-refractivity contribution in [2.45, 2.75) is 19.4 Å². The molecule has 0 unspecified atom stereocenters. The number of amides is 1. The minimum absolute atomic E-state index is 0. The van der Waals surface area contributed by atoms with E-state index in [2.05, 4.69) is 39.6 Å². The van der Waals surface area contributed by atoms with Gasteiger partial charge in [0, 0.05) is 23.1 Å². The third-order valence-electron chi connectivity index (χ3n) is 5.67. The molecule has 32 heavy (non-hydrogen) atoms. The number of primary amides is 1.